The Morgan fingerprint density at radius 2 is 2.23 bits per heavy atom. The lowest BCUT2D eigenvalue weighted by molar-refractivity contribution is 0.423. The van der Waals surface area contributed by atoms with Crippen molar-refractivity contribution in [2.24, 2.45) is 0 Å². The number of nitrogens with zero attached hydrogens (tertiary/aromatic N) is 2. The highest BCUT2D eigenvalue weighted by Crippen LogP contribution is 2.14. The number of fused-ring (bicyclic) bond motifs is 1. The molecule has 0 amide bonds. The quantitative estimate of drug-likeness (QED) is 0.635. The van der Waals surface area contributed by atoms with Gasteiger partial charge in [0.25, 0.3) is 5.56 Å². The van der Waals surface area contributed by atoms with Crippen molar-refractivity contribution < 1.29 is 5.11 Å². The number of aryl methyl sites for hydroxylation is 2. The van der Waals surface area contributed by atoms with Crippen LogP contribution in [0.4, 0.5) is 0 Å². The smallest absolute Gasteiger partial charge is 0.295 e. The van der Waals surface area contributed by atoms with Crippen molar-refractivity contribution in [2.75, 3.05) is 0 Å². The third-order valence-electron chi connectivity index (χ3n) is 2.43. The van der Waals surface area contributed by atoms with Gasteiger partial charge in [0.2, 0.25) is 5.75 Å². The molecule has 1 N–H and O–H groups in total. The van der Waals surface area contributed by atoms with E-state index in [4.69, 9.17) is 0 Å². The van der Waals surface area contributed by atoms with Crippen LogP contribution in [-0.2, 0) is 13.0 Å². The van der Waals surface area contributed by atoms with Crippen molar-refractivity contribution >= 4 is 0 Å². The van der Waals surface area contributed by atoms with Crippen LogP contribution in [0.2, 0.25) is 0 Å². The van der Waals surface area contributed by atoms with Crippen LogP contribution in [0.1, 0.15) is 24.4 Å². The van der Waals surface area contributed by atoms with Crippen molar-refractivity contribution in [3.8, 4) is 5.75 Å². The highest BCUT2D eigenvalue weighted by Gasteiger charge is 2.15. The summed E-state index contributed by atoms with van der Waals surface area (Å²) >= 11 is 0. The van der Waals surface area contributed by atoms with E-state index >= 15 is 0 Å². The molecule has 0 aliphatic carbocycles. The van der Waals surface area contributed by atoms with Gasteiger partial charge < -0.3 is 5.11 Å². The SMILES string of the molecule is Cc1nc2n(c(=O)c1O)CCCC2. The molecule has 1 aromatic heterocycles. The topological polar surface area (TPSA) is 55.1 Å². The number of rotatable bonds is 0. The maximum Gasteiger partial charge on any atom is 0.295 e. The van der Waals surface area contributed by atoms with Gasteiger partial charge in [-0.1, -0.05) is 0 Å². The summed E-state index contributed by atoms with van der Waals surface area (Å²) in [6.45, 7) is 2.35. The van der Waals surface area contributed by atoms with E-state index in [1.54, 1.807) is 11.5 Å². The fraction of sp³-hybridized carbons (Fsp3) is 0.556. The maximum atomic E-state index is 11.5. The van der Waals surface area contributed by atoms with Crippen molar-refractivity contribution in [3.05, 3.63) is 21.9 Å². The second-order valence-electron chi connectivity index (χ2n) is 3.38. The summed E-state index contributed by atoms with van der Waals surface area (Å²) in [7, 11) is 0. The first-order chi connectivity index (χ1) is 6.20. The second-order valence-corrected chi connectivity index (χ2v) is 3.38. The average Bonchev–Trinajstić information content (AvgIpc) is 2.15. The molecule has 0 spiro atoms. The molecule has 0 fully saturated rings. The summed E-state index contributed by atoms with van der Waals surface area (Å²) < 4.78 is 1.58. The molecule has 0 aromatic carbocycles. The fourth-order valence-electron chi connectivity index (χ4n) is 1.68. The highest BCUT2D eigenvalue weighted by atomic mass is 16.3. The number of aromatic hydroxyl groups is 1. The Labute approximate surface area is 75.9 Å². The third kappa shape index (κ3) is 1.22. The maximum absolute atomic E-state index is 11.5. The molecule has 4 nitrogen and oxygen atoms in total. The van der Waals surface area contributed by atoms with Crippen molar-refractivity contribution in [1.29, 1.82) is 0 Å². The third-order valence-corrected chi connectivity index (χ3v) is 2.43. The van der Waals surface area contributed by atoms with Gasteiger partial charge in [-0.3, -0.25) is 9.36 Å². The first-order valence-electron chi connectivity index (χ1n) is 4.49. The Kier molecular flexibility index (Phi) is 1.83. The molecule has 2 rings (SSSR count). The Balaban J connectivity index is 2.68. The van der Waals surface area contributed by atoms with Crippen LogP contribution in [0.5, 0.6) is 5.75 Å². The van der Waals surface area contributed by atoms with Gasteiger partial charge in [-0.2, -0.15) is 0 Å². The van der Waals surface area contributed by atoms with Gasteiger partial charge in [0.15, 0.2) is 0 Å². The van der Waals surface area contributed by atoms with Crippen LogP contribution in [0, 0.1) is 6.92 Å². The van der Waals surface area contributed by atoms with E-state index in [9.17, 15) is 9.90 Å². The van der Waals surface area contributed by atoms with Gasteiger partial charge in [0.05, 0.1) is 5.69 Å². The van der Waals surface area contributed by atoms with E-state index in [2.05, 4.69) is 4.98 Å². The largest absolute Gasteiger partial charge is 0.502 e. The molecular weight excluding hydrogens is 168 g/mol. The van der Waals surface area contributed by atoms with Crippen LogP contribution in [-0.4, -0.2) is 14.7 Å². The number of hydrogen-bond donors (Lipinski definition) is 1. The zero-order chi connectivity index (χ0) is 9.42. The van der Waals surface area contributed by atoms with Crippen LogP contribution in [0.15, 0.2) is 4.79 Å². The van der Waals surface area contributed by atoms with Crippen molar-refractivity contribution in [2.45, 2.75) is 32.7 Å². The Morgan fingerprint density at radius 3 is 3.00 bits per heavy atom. The molecule has 0 unspecified atom stereocenters. The molecule has 0 bridgehead atoms. The predicted molar refractivity (Wildman–Crippen MR) is 47.8 cm³/mol. The van der Waals surface area contributed by atoms with E-state index < -0.39 is 0 Å². The summed E-state index contributed by atoms with van der Waals surface area (Å²) in [5, 5.41) is 9.37. The van der Waals surface area contributed by atoms with Gasteiger partial charge in [0.1, 0.15) is 5.82 Å². The number of hydrogen-bond acceptors (Lipinski definition) is 3. The van der Waals surface area contributed by atoms with Crippen molar-refractivity contribution in [3.63, 3.8) is 0 Å². The van der Waals surface area contributed by atoms with Gasteiger partial charge in [0, 0.05) is 13.0 Å². The summed E-state index contributed by atoms with van der Waals surface area (Å²) in [4.78, 5) is 15.7. The standard InChI is InChI=1S/C9H12N2O2/c1-6-8(12)9(13)11-5-3-2-4-7(11)10-6/h12H,2-5H2,1H3. The lowest BCUT2D eigenvalue weighted by atomic mass is 10.1. The average molecular weight is 180 g/mol. The zero-order valence-electron chi connectivity index (χ0n) is 7.58. The van der Waals surface area contributed by atoms with E-state index in [1.165, 1.54) is 0 Å². The summed E-state index contributed by atoms with van der Waals surface area (Å²) in [5.74, 6) is 0.609. The van der Waals surface area contributed by atoms with E-state index in [0.717, 1.165) is 25.1 Å². The molecule has 0 radical (unpaired) electrons. The minimum atomic E-state index is -0.290. The zero-order valence-corrected chi connectivity index (χ0v) is 7.58. The first-order valence-corrected chi connectivity index (χ1v) is 4.49. The summed E-state index contributed by atoms with van der Waals surface area (Å²) in [5.41, 5.74) is 0.153. The molecule has 1 aromatic rings. The highest BCUT2D eigenvalue weighted by molar-refractivity contribution is 5.23. The van der Waals surface area contributed by atoms with Crippen LogP contribution >= 0.6 is 0 Å². The predicted octanol–water partition coefficient (Wildman–Crippen LogP) is 0.594. The van der Waals surface area contributed by atoms with Gasteiger partial charge >= 0.3 is 0 Å². The summed E-state index contributed by atoms with van der Waals surface area (Å²) in [6, 6.07) is 0. The molecular formula is C9H12N2O2. The fourth-order valence-corrected chi connectivity index (χ4v) is 1.68. The van der Waals surface area contributed by atoms with Crippen LogP contribution in [0.3, 0.4) is 0 Å². The molecule has 70 valence electrons. The molecule has 0 atom stereocenters. The summed E-state index contributed by atoms with van der Waals surface area (Å²) in [6.07, 6.45) is 2.92. The van der Waals surface area contributed by atoms with E-state index in [-0.39, 0.29) is 11.3 Å². The van der Waals surface area contributed by atoms with Gasteiger partial charge in [-0.05, 0) is 19.8 Å². The molecule has 1 aliphatic rings. The molecule has 0 saturated carbocycles. The van der Waals surface area contributed by atoms with E-state index in [1.807, 2.05) is 0 Å². The minimum Gasteiger partial charge on any atom is -0.502 e. The van der Waals surface area contributed by atoms with Gasteiger partial charge in [-0.15, -0.1) is 0 Å². The van der Waals surface area contributed by atoms with Gasteiger partial charge in [-0.25, -0.2) is 4.98 Å². The second kappa shape index (κ2) is 2.87. The molecule has 13 heavy (non-hydrogen) atoms. The lowest BCUT2D eigenvalue weighted by Crippen LogP contribution is -2.28. The van der Waals surface area contributed by atoms with Crippen molar-refractivity contribution in [1.82, 2.24) is 9.55 Å². The van der Waals surface area contributed by atoms with Crippen LogP contribution < -0.4 is 5.56 Å². The Morgan fingerprint density at radius 1 is 1.46 bits per heavy atom. The Hall–Kier alpha value is -1.32. The van der Waals surface area contributed by atoms with Crippen LogP contribution in [0.25, 0.3) is 0 Å². The molecule has 0 saturated heterocycles. The normalized spacial score (nSPS) is 15.5. The molecule has 2 heterocycles. The Bertz CT molecular complexity index is 395. The molecule has 4 heteroatoms. The molecule has 1 aliphatic heterocycles. The monoisotopic (exact) mass is 180 g/mol. The number of aromatic nitrogens is 2. The minimum absolute atomic E-state index is 0.203. The first kappa shape index (κ1) is 8.29. The van der Waals surface area contributed by atoms with E-state index in [0.29, 0.717) is 12.2 Å². The lowest BCUT2D eigenvalue weighted by Gasteiger charge is -2.17.